The zero-order chi connectivity index (χ0) is 15.6. The number of rotatable bonds is 11. The predicted octanol–water partition coefficient (Wildman–Crippen LogP) is 3.95. The van der Waals surface area contributed by atoms with Crippen LogP contribution in [-0.2, 0) is 14.3 Å². The lowest BCUT2D eigenvalue weighted by Crippen LogP contribution is -2.27. The highest BCUT2D eigenvalue weighted by molar-refractivity contribution is 5.81. The van der Waals surface area contributed by atoms with Crippen molar-refractivity contribution >= 4 is 11.9 Å². The SMILES string of the molecule is C=CC(=O)OC(C)(C)CCCC(CCCCC)C(=O)O. The van der Waals surface area contributed by atoms with Crippen LogP contribution in [0.3, 0.4) is 0 Å². The summed E-state index contributed by atoms with van der Waals surface area (Å²) in [6.07, 6.45) is 7.03. The molecule has 4 nitrogen and oxygen atoms in total. The first-order valence-corrected chi connectivity index (χ1v) is 7.40. The fraction of sp³-hybridized carbons (Fsp3) is 0.750. The Bertz CT molecular complexity index is 320. The lowest BCUT2D eigenvalue weighted by Gasteiger charge is -2.25. The number of hydrogen-bond acceptors (Lipinski definition) is 3. The molecule has 0 aliphatic rings. The molecule has 0 amide bonds. The van der Waals surface area contributed by atoms with Crippen LogP contribution < -0.4 is 0 Å². The maximum Gasteiger partial charge on any atom is 0.330 e. The Morgan fingerprint density at radius 2 is 1.85 bits per heavy atom. The van der Waals surface area contributed by atoms with Crippen LogP contribution in [0.5, 0.6) is 0 Å². The van der Waals surface area contributed by atoms with Crippen molar-refractivity contribution in [2.24, 2.45) is 5.92 Å². The number of carboxylic acid groups (broad SMARTS) is 1. The van der Waals surface area contributed by atoms with E-state index in [1.807, 2.05) is 13.8 Å². The smallest absolute Gasteiger partial charge is 0.330 e. The summed E-state index contributed by atoms with van der Waals surface area (Å²) in [6.45, 7) is 9.14. The summed E-state index contributed by atoms with van der Waals surface area (Å²) < 4.78 is 5.22. The molecular formula is C16H28O4. The van der Waals surface area contributed by atoms with E-state index in [9.17, 15) is 14.7 Å². The fourth-order valence-electron chi connectivity index (χ4n) is 2.17. The van der Waals surface area contributed by atoms with E-state index in [0.717, 1.165) is 38.2 Å². The van der Waals surface area contributed by atoms with Gasteiger partial charge in [-0.2, -0.15) is 0 Å². The van der Waals surface area contributed by atoms with Gasteiger partial charge in [-0.25, -0.2) is 4.79 Å². The van der Waals surface area contributed by atoms with E-state index in [0.29, 0.717) is 12.8 Å². The third kappa shape index (κ3) is 8.73. The van der Waals surface area contributed by atoms with Crippen molar-refractivity contribution in [3.05, 3.63) is 12.7 Å². The fourth-order valence-corrected chi connectivity index (χ4v) is 2.17. The van der Waals surface area contributed by atoms with Crippen LogP contribution in [0.1, 0.15) is 65.7 Å². The number of ether oxygens (including phenoxy) is 1. The second-order valence-corrected chi connectivity index (χ2v) is 5.81. The van der Waals surface area contributed by atoms with E-state index in [2.05, 4.69) is 13.5 Å². The Kier molecular flexibility index (Phi) is 8.93. The average molecular weight is 284 g/mol. The van der Waals surface area contributed by atoms with Crippen molar-refractivity contribution in [2.75, 3.05) is 0 Å². The first-order chi connectivity index (χ1) is 9.32. The zero-order valence-electron chi connectivity index (χ0n) is 13.0. The van der Waals surface area contributed by atoms with Gasteiger partial charge in [0.1, 0.15) is 5.60 Å². The predicted molar refractivity (Wildman–Crippen MR) is 79.5 cm³/mol. The maximum atomic E-state index is 11.2. The van der Waals surface area contributed by atoms with Crippen molar-refractivity contribution in [2.45, 2.75) is 71.3 Å². The van der Waals surface area contributed by atoms with E-state index in [4.69, 9.17) is 4.74 Å². The van der Waals surface area contributed by atoms with Crippen LogP contribution in [0.15, 0.2) is 12.7 Å². The van der Waals surface area contributed by atoms with Gasteiger partial charge in [0, 0.05) is 6.08 Å². The van der Waals surface area contributed by atoms with Crippen LogP contribution in [0.2, 0.25) is 0 Å². The van der Waals surface area contributed by atoms with Crippen molar-refractivity contribution in [1.29, 1.82) is 0 Å². The number of unbranched alkanes of at least 4 members (excludes halogenated alkanes) is 2. The van der Waals surface area contributed by atoms with E-state index >= 15 is 0 Å². The Labute approximate surface area is 122 Å². The Morgan fingerprint density at radius 3 is 2.35 bits per heavy atom. The number of carbonyl (C=O) groups is 2. The molecule has 0 heterocycles. The lowest BCUT2D eigenvalue weighted by molar-refractivity contribution is -0.151. The molecule has 0 spiro atoms. The van der Waals surface area contributed by atoms with Gasteiger partial charge in [-0.1, -0.05) is 32.8 Å². The molecule has 0 aliphatic carbocycles. The number of esters is 1. The van der Waals surface area contributed by atoms with Crippen LogP contribution in [0, 0.1) is 5.92 Å². The topological polar surface area (TPSA) is 63.6 Å². The van der Waals surface area contributed by atoms with Gasteiger partial charge >= 0.3 is 11.9 Å². The standard InChI is InChI=1S/C16H28O4/c1-5-7-8-10-13(15(18)19)11-9-12-16(3,4)20-14(17)6-2/h6,13H,2,5,7-12H2,1,3-4H3,(H,18,19). The summed E-state index contributed by atoms with van der Waals surface area (Å²) in [4.78, 5) is 22.3. The summed E-state index contributed by atoms with van der Waals surface area (Å²) >= 11 is 0. The van der Waals surface area contributed by atoms with Crippen molar-refractivity contribution < 1.29 is 19.4 Å². The minimum atomic E-state index is -0.720. The molecule has 0 aromatic carbocycles. The van der Waals surface area contributed by atoms with Gasteiger partial charge in [0.15, 0.2) is 0 Å². The molecular weight excluding hydrogens is 256 g/mol. The molecule has 1 atom stereocenters. The summed E-state index contributed by atoms with van der Waals surface area (Å²) in [5.74, 6) is -1.44. The molecule has 4 heteroatoms. The minimum Gasteiger partial charge on any atom is -0.481 e. The molecule has 1 unspecified atom stereocenters. The number of hydrogen-bond donors (Lipinski definition) is 1. The van der Waals surface area contributed by atoms with Crippen LogP contribution in [0.4, 0.5) is 0 Å². The maximum absolute atomic E-state index is 11.2. The van der Waals surface area contributed by atoms with Gasteiger partial charge in [0.25, 0.3) is 0 Å². The van der Waals surface area contributed by atoms with Gasteiger partial charge in [0.05, 0.1) is 5.92 Å². The van der Waals surface area contributed by atoms with Gasteiger partial charge in [-0.05, 0) is 39.5 Å². The lowest BCUT2D eigenvalue weighted by atomic mass is 9.92. The molecule has 0 rings (SSSR count). The van der Waals surface area contributed by atoms with Crippen LogP contribution >= 0.6 is 0 Å². The van der Waals surface area contributed by atoms with Gasteiger partial charge < -0.3 is 9.84 Å². The molecule has 0 fully saturated rings. The van der Waals surface area contributed by atoms with Crippen LogP contribution in [-0.4, -0.2) is 22.6 Å². The van der Waals surface area contributed by atoms with E-state index in [-0.39, 0.29) is 5.92 Å². The Hall–Kier alpha value is -1.32. The van der Waals surface area contributed by atoms with Gasteiger partial charge in [-0.3, -0.25) is 4.79 Å². The number of aliphatic carboxylic acids is 1. The molecule has 116 valence electrons. The van der Waals surface area contributed by atoms with Gasteiger partial charge in [0.2, 0.25) is 0 Å². The second kappa shape index (κ2) is 9.56. The van der Waals surface area contributed by atoms with E-state index in [1.165, 1.54) is 0 Å². The highest BCUT2D eigenvalue weighted by atomic mass is 16.6. The van der Waals surface area contributed by atoms with E-state index in [1.54, 1.807) is 0 Å². The highest BCUT2D eigenvalue weighted by Crippen LogP contribution is 2.23. The zero-order valence-corrected chi connectivity index (χ0v) is 13.0. The third-order valence-corrected chi connectivity index (χ3v) is 3.38. The van der Waals surface area contributed by atoms with Gasteiger partial charge in [-0.15, -0.1) is 0 Å². The molecule has 0 aliphatic heterocycles. The third-order valence-electron chi connectivity index (χ3n) is 3.38. The van der Waals surface area contributed by atoms with Crippen molar-refractivity contribution in [3.8, 4) is 0 Å². The Morgan fingerprint density at radius 1 is 1.25 bits per heavy atom. The molecule has 0 aromatic heterocycles. The Balaban J connectivity index is 4.12. The number of carboxylic acids is 1. The normalized spacial score (nSPS) is 12.8. The highest BCUT2D eigenvalue weighted by Gasteiger charge is 2.23. The van der Waals surface area contributed by atoms with E-state index < -0.39 is 17.5 Å². The average Bonchev–Trinajstić information content (AvgIpc) is 2.36. The molecule has 20 heavy (non-hydrogen) atoms. The largest absolute Gasteiger partial charge is 0.481 e. The molecule has 0 radical (unpaired) electrons. The van der Waals surface area contributed by atoms with Crippen molar-refractivity contribution in [1.82, 2.24) is 0 Å². The quantitative estimate of drug-likeness (QED) is 0.354. The summed E-state index contributed by atoms with van der Waals surface area (Å²) in [7, 11) is 0. The number of carbonyl (C=O) groups excluding carboxylic acids is 1. The summed E-state index contributed by atoms with van der Waals surface area (Å²) in [5.41, 5.74) is -0.572. The second-order valence-electron chi connectivity index (χ2n) is 5.81. The molecule has 1 N–H and O–H groups in total. The first-order valence-electron chi connectivity index (χ1n) is 7.40. The van der Waals surface area contributed by atoms with Crippen molar-refractivity contribution in [3.63, 3.8) is 0 Å². The monoisotopic (exact) mass is 284 g/mol. The molecule has 0 aromatic rings. The summed E-state index contributed by atoms with van der Waals surface area (Å²) in [5, 5.41) is 9.19. The van der Waals surface area contributed by atoms with Crippen LogP contribution in [0.25, 0.3) is 0 Å². The molecule has 0 bridgehead atoms. The molecule has 0 saturated heterocycles. The minimum absolute atomic E-state index is 0.285. The molecule has 0 saturated carbocycles. The summed E-state index contributed by atoms with van der Waals surface area (Å²) in [6, 6.07) is 0. The first kappa shape index (κ1) is 18.7.